The molecule has 36 heavy (non-hydrogen) atoms. The quantitative estimate of drug-likeness (QED) is 0.309. The van der Waals surface area contributed by atoms with E-state index in [1.54, 1.807) is 18.2 Å². The molecule has 18 heteroatoms. The van der Waals surface area contributed by atoms with E-state index in [1.807, 2.05) is 0 Å². The van der Waals surface area contributed by atoms with Gasteiger partial charge in [0.1, 0.15) is 0 Å². The van der Waals surface area contributed by atoms with Crippen molar-refractivity contribution in [2.24, 2.45) is 0 Å². The van der Waals surface area contributed by atoms with Crippen molar-refractivity contribution in [1.29, 1.82) is 0 Å². The summed E-state index contributed by atoms with van der Waals surface area (Å²) in [7, 11) is 0. The number of halogens is 15. The molecule has 0 bridgehead atoms. The molecule has 0 amide bonds. The van der Waals surface area contributed by atoms with Crippen LogP contribution in [0, 0.1) is 0 Å². The van der Waals surface area contributed by atoms with Gasteiger partial charge in [-0.1, -0.05) is 18.2 Å². The van der Waals surface area contributed by atoms with E-state index in [0.29, 0.717) is 30.8 Å². The van der Waals surface area contributed by atoms with E-state index in [2.05, 4.69) is 14.7 Å². The fourth-order valence-corrected chi connectivity index (χ4v) is 2.58. The van der Waals surface area contributed by atoms with Gasteiger partial charge in [0.2, 0.25) is 0 Å². The number of hydrogen-bond donors (Lipinski definition) is 0. The molecule has 0 saturated heterocycles. The number of hydrogen-bond acceptors (Lipinski definition) is 3. The molecule has 204 valence electrons. The zero-order valence-corrected chi connectivity index (χ0v) is 17.0. The molecule has 0 aliphatic heterocycles. The SMILES string of the molecule is FC(F)(F)C(F)(F)C(F)(F)C(F)(F)C(F)(F)C(F)(F)C(F)(F)COc1cnc(C2=CCCC=C2)nc1. The normalized spacial score (nSPS) is 16.7. The lowest BCUT2D eigenvalue weighted by atomic mass is 9.91. The lowest BCUT2D eigenvalue weighted by Crippen LogP contribution is -2.73. The van der Waals surface area contributed by atoms with E-state index in [0.717, 1.165) is 0 Å². The minimum Gasteiger partial charge on any atom is -0.484 e. The third-order valence-corrected chi connectivity index (χ3v) is 4.69. The maximum Gasteiger partial charge on any atom is 0.460 e. The molecule has 0 radical (unpaired) electrons. The van der Waals surface area contributed by atoms with Crippen molar-refractivity contribution < 1.29 is 70.6 Å². The Hall–Kier alpha value is -2.69. The maximum absolute atomic E-state index is 13.8. The molecule has 1 aromatic rings. The molecular weight excluding hydrogens is 545 g/mol. The van der Waals surface area contributed by atoms with E-state index >= 15 is 0 Å². The lowest BCUT2D eigenvalue weighted by molar-refractivity contribution is -0.453. The molecule has 0 aromatic carbocycles. The summed E-state index contributed by atoms with van der Waals surface area (Å²) in [5.41, 5.74) is 0.433. The van der Waals surface area contributed by atoms with Crippen LogP contribution in [0.25, 0.3) is 5.57 Å². The van der Waals surface area contributed by atoms with Gasteiger partial charge in [0, 0.05) is 5.57 Å². The second kappa shape index (κ2) is 9.00. The van der Waals surface area contributed by atoms with Crippen molar-refractivity contribution in [3.05, 3.63) is 36.4 Å². The van der Waals surface area contributed by atoms with E-state index in [1.165, 1.54) is 0 Å². The van der Waals surface area contributed by atoms with E-state index in [9.17, 15) is 65.9 Å². The van der Waals surface area contributed by atoms with Gasteiger partial charge < -0.3 is 4.74 Å². The van der Waals surface area contributed by atoms with Gasteiger partial charge in [-0.25, -0.2) is 9.97 Å². The minimum absolute atomic E-state index is 0.0330. The van der Waals surface area contributed by atoms with Crippen LogP contribution in [0.1, 0.15) is 18.7 Å². The summed E-state index contributed by atoms with van der Waals surface area (Å²) < 4.78 is 201. The highest BCUT2D eigenvalue weighted by Gasteiger charge is 2.93. The monoisotopic (exact) mass is 556 g/mol. The van der Waals surface area contributed by atoms with Gasteiger partial charge in [-0.05, 0) is 12.8 Å². The van der Waals surface area contributed by atoms with Crippen molar-refractivity contribution in [2.45, 2.75) is 54.6 Å². The first kappa shape index (κ1) is 29.5. The highest BCUT2D eigenvalue weighted by molar-refractivity contribution is 5.70. The second-order valence-corrected chi connectivity index (χ2v) is 7.24. The van der Waals surface area contributed by atoms with Crippen molar-refractivity contribution in [1.82, 2.24) is 9.97 Å². The predicted octanol–water partition coefficient (Wildman–Crippen LogP) is 6.96. The van der Waals surface area contributed by atoms with Crippen molar-refractivity contribution in [2.75, 3.05) is 6.61 Å². The predicted molar refractivity (Wildman–Crippen MR) is 89.6 cm³/mol. The summed E-state index contributed by atoms with van der Waals surface area (Å²) >= 11 is 0. The van der Waals surface area contributed by atoms with Crippen LogP contribution >= 0.6 is 0 Å². The summed E-state index contributed by atoms with van der Waals surface area (Å²) in [5.74, 6) is -47.9. The van der Waals surface area contributed by atoms with Crippen LogP contribution in [0.2, 0.25) is 0 Å². The van der Waals surface area contributed by atoms with E-state index < -0.39 is 54.1 Å². The van der Waals surface area contributed by atoms with E-state index in [4.69, 9.17) is 0 Å². The van der Waals surface area contributed by atoms with E-state index in [-0.39, 0.29) is 5.82 Å². The largest absolute Gasteiger partial charge is 0.484 e. The molecule has 0 unspecified atom stereocenters. The third kappa shape index (κ3) is 4.57. The summed E-state index contributed by atoms with van der Waals surface area (Å²) in [6.07, 6.45) is -0.379. The molecule has 3 nitrogen and oxygen atoms in total. The van der Waals surface area contributed by atoms with Crippen molar-refractivity contribution >= 4 is 5.57 Å². The first-order valence-corrected chi connectivity index (χ1v) is 9.20. The van der Waals surface area contributed by atoms with Crippen LogP contribution in [0.4, 0.5) is 65.9 Å². The summed E-state index contributed by atoms with van der Waals surface area (Å²) in [4.78, 5) is 7.18. The van der Waals surface area contributed by atoms with Gasteiger partial charge in [0.25, 0.3) is 0 Å². The first-order valence-electron chi connectivity index (χ1n) is 9.20. The molecule has 2 rings (SSSR count). The first-order chi connectivity index (χ1) is 16.0. The van der Waals surface area contributed by atoms with Gasteiger partial charge in [-0.3, -0.25) is 0 Å². The number of nitrogens with zero attached hydrogens (tertiary/aromatic N) is 2. The summed E-state index contributed by atoms with van der Waals surface area (Å²) in [6.45, 7) is -2.95. The third-order valence-electron chi connectivity index (χ3n) is 4.69. The lowest BCUT2D eigenvalue weighted by Gasteiger charge is -2.41. The zero-order chi connectivity index (χ0) is 28.0. The fourth-order valence-electron chi connectivity index (χ4n) is 2.58. The standard InChI is InChI=1S/C18H11F15N2O/c19-12(20,8-36-10-6-34-11(35-7-10)9-4-2-1-3-5-9)13(21,22)14(23,24)15(25,26)16(27,28)17(29,30)18(31,32)33/h2,4-7H,1,3,8H2. The fraction of sp³-hybridized carbons (Fsp3) is 0.556. The van der Waals surface area contributed by atoms with Crippen LogP contribution in [0.15, 0.2) is 30.6 Å². The van der Waals surface area contributed by atoms with Crippen LogP contribution in [0.5, 0.6) is 5.75 Å². The van der Waals surface area contributed by atoms with Gasteiger partial charge in [0.15, 0.2) is 18.2 Å². The molecule has 1 heterocycles. The molecule has 0 N–H and O–H groups in total. The van der Waals surface area contributed by atoms with Crippen molar-refractivity contribution in [3.63, 3.8) is 0 Å². The van der Waals surface area contributed by atoms with Gasteiger partial charge in [0.05, 0.1) is 12.4 Å². The Morgan fingerprint density at radius 3 is 1.56 bits per heavy atom. The molecule has 0 atom stereocenters. The Bertz CT molecular complexity index is 997. The van der Waals surface area contributed by atoms with Crippen LogP contribution < -0.4 is 4.74 Å². The molecule has 0 spiro atoms. The molecule has 0 saturated carbocycles. The van der Waals surface area contributed by atoms with Crippen LogP contribution in [0.3, 0.4) is 0 Å². The Labute approximate surface area is 190 Å². The maximum atomic E-state index is 13.8. The highest BCUT2D eigenvalue weighted by Crippen LogP contribution is 2.62. The average Bonchev–Trinajstić information content (AvgIpc) is 2.77. The molecule has 1 aliphatic rings. The minimum atomic E-state index is -8.34. The number of ether oxygens (including phenoxy) is 1. The summed E-state index contributed by atoms with van der Waals surface area (Å²) in [6, 6.07) is 0. The number of rotatable bonds is 9. The Balaban J connectivity index is 2.29. The molecule has 1 aromatic heterocycles. The molecule has 0 fully saturated rings. The zero-order valence-electron chi connectivity index (χ0n) is 17.0. The average molecular weight is 556 g/mol. The van der Waals surface area contributed by atoms with Crippen molar-refractivity contribution in [3.8, 4) is 5.75 Å². The smallest absolute Gasteiger partial charge is 0.460 e. The van der Waals surface area contributed by atoms with Crippen LogP contribution in [-0.4, -0.2) is 58.3 Å². The highest BCUT2D eigenvalue weighted by atomic mass is 19.4. The second-order valence-electron chi connectivity index (χ2n) is 7.24. The van der Waals surface area contributed by atoms with Gasteiger partial charge in [-0.15, -0.1) is 0 Å². The number of allylic oxidation sites excluding steroid dienone is 4. The molecule has 1 aliphatic carbocycles. The van der Waals surface area contributed by atoms with Crippen LogP contribution in [-0.2, 0) is 0 Å². The number of aromatic nitrogens is 2. The Morgan fingerprint density at radius 2 is 1.11 bits per heavy atom. The Kier molecular flexibility index (Phi) is 7.39. The number of alkyl halides is 15. The van der Waals surface area contributed by atoms with Gasteiger partial charge in [-0.2, -0.15) is 65.9 Å². The van der Waals surface area contributed by atoms with Gasteiger partial charge >= 0.3 is 41.7 Å². The summed E-state index contributed by atoms with van der Waals surface area (Å²) in [5, 5.41) is 0. The topological polar surface area (TPSA) is 35.0 Å². The molecular formula is C18H11F15N2O. The Morgan fingerprint density at radius 1 is 0.639 bits per heavy atom.